The Morgan fingerprint density at radius 1 is 1.09 bits per heavy atom. The van der Waals surface area contributed by atoms with Crippen LogP contribution < -0.4 is 4.90 Å². The minimum Gasteiger partial charge on any atom is -0.443 e. The molecule has 1 aromatic rings. The molecule has 0 heterocycles. The van der Waals surface area contributed by atoms with Crippen molar-refractivity contribution in [3.05, 3.63) is 52.6 Å². The molecule has 5 heteroatoms. The third-order valence-electron chi connectivity index (χ3n) is 9.03. The van der Waals surface area contributed by atoms with Gasteiger partial charge in [-0.3, -0.25) is 9.69 Å². The summed E-state index contributed by atoms with van der Waals surface area (Å²) in [5.74, 6) is 1.46. The highest BCUT2D eigenvalue weighted by Crippen LogP contribution is 2.63. The molecule has 5 atom stereocenters. The fourth-order valence-electron chi connectivity index (χ4n) is 7.30. The molecule has 0 aliphatic heterocycles. The van der Waals surface area contributed by atoms with E-state index in [0.717, 1.165) is 44.2 Å². The molecule has 188 valence electrons. The van der Waals surface area contributed by atoms with Crippen molar-refractivity contribution >= 4 is 17.6 Å². The van der Waals surface area contributed by atoms with E-state index < -0.39 is 5.60 Å². The van der Waals surface area contributed by atoms with E-state index in [2.05, 4.69) is 19.1 Å². The fraction of sp³-hybridized carbons (Fsp3) is 0.600. The molecule has 0 bridgehead atoms. The average molecular weight is 478 g/mol. The maximum Gasteiger partial charge on any atom is 0.414 e. The number of ether oxygens (including phenoxy) is 1. The van der Waals surface area contributed by atoms with Crippen molar-refractivity contribution in [3.8, 4) is 0 Å². The van der Waals surface area contributed by atoms with Crippen LogP contribution in [0.25, 0.3) is 0 Å². The van der Waals surface area contributed by atoms with Gasteiger partial charge < -0.3 is 9.84 Å². The third kappa shape index (κ3) is 4.26. The molecule has 0 radical (unpaired) electrons. The number of carbonyl (C=O) groups excluding carboxylic acids is 2. The standard InChI is InChI=1S/C30H39NO4/c1-29(2,3)35-28(34)31(5)20-9-6-18(7-10-20)24-17-30(4)25(14-15-26(30)33)23-12-8-19-16-21(32)11-13-22(19)27(23)24/h6-7,9-10,16,23-26,33H,8,11-15,17H2,1-5H3. The van der Waals surface area contributed by atoms with E-state index in [1.54, 1.807) is 11.9 Å². The summed E-state index contributed by atoms with van der Waals surface area (Å²) in [6, 6.07) is 8.29. The second kappa shape index (κ2) is 8.62. The maximum atomic E-state index is 12.6. The number of allylic oxidation sites excluding steroid dienone is 4. The number of amides is 1. The van der Waals surface area contributed by atoms with Crippen molar-refractivity contribution in [3.63, 3.8) is 0 Å². The van der Waals surface area contributed by atoms with E-state index in [1.165, 1.54) is 22.3 Å². The SMILES string of the molecule is CN(C(=O)OC(C)(C)C)c1ccc(C2CC3(C)C(O)CCC3C3CCC4=CC(=O)CCC4=C23)cc1. The number of hydrogen-bond acceptors (Lipinski definition) is 4. The monoisotopic (exact) mass is 477 g/mol. The van der Waals surface area contributed by atoms with Gasteiger partial charge in [-0.2, -0.15) is 0 Å². The molecule has 1 amide bonds. The minimum atomic E-state index is -0.544. The zero-order chi connectivity index (χ0) is 25.1. The number of aliphatic hydroxyl groups is 1. The number of hydrogen-bond donors (Lipinski definition) is 1. The first-order valence-electron chi connectivity index (χ1n) is 13.2. The number of aliphatic hydroxyl groups excluding tert-OH is 1. The normalized spacial score (nSPS) is 32.4. The van der Waals surface area contributed by atoms with Crippen LogP contribution in [0.4, 0.5) is 10.5 Å². The zero-order valence-electron chi connectivity index (χ0n) is 21.8. The summed E-state index contributed by atoms with van der Waals surface area (Å²) in [5, 5.41) is 11.0. The molecule has 1 aromatic carbocycles. The molecule has 0 spiro atoms. The van der Waals surface area contributed by atoms with Crippen molar-refractivity contribution in [2.75, 3.05) is 11.9 Å². The van der Waals surface area contributed by atoms with E-state index in [1.807, 2.05) is 39.0 Å². The van der Waals surface area contributed by atoms with Crippen molar-refractivity contribution in [1.29, 1.82) is 0 Å². The van der Waals surface area contributed by atoms with Gasteiger partial charge in [-0.25, -0.2) is 4.79 Å². The van der Waals surface area contributed by atoms with Gasteiger partial charge in [0.05, 0.1) is 6.10 Å². The van der Waals surface area contributed by atoms with Gasteiger partial charge in [-0.15, -0.1) is 0 Å². The number of anilines is 1. The summed E-state index contributed by atoms with van der Waals surface area (Å²) in [4.78, 5) is 26.3. The summed E-state index contributed by atoms with van der Waals surface area (Å²) in [5.41, 5.74) is 5.60. The molecule has 0 saturated heterocycles. The van der Waals surface area contributed by atoms with Crippen LogP contribution in [0.5, 0.6) is 0 Å². The van der Waals surface area contributed by atoms with Crippen LogP contribution in [0.15, 0.2) is 47.1 Å². The van der Waals surface area contributed by atoms with E-state index in [4.69, 9.17) is 4.74 Å². The molecule has 4 aliphatic carbocycles. The lowest BCUT2D eigenvalue weighted by Crippen LogP contribution is -2.45. The largest absolute Gasteiger partial charge is 0.443 e. The van der Waals surface area contributed by atoms with Crippen LogP contribution in [0.1, 0.15) is 84.1 Å². The molecule has 5 nitrogen and oxygen atoms in total. The highest BCUT2D eigenvalue weighted by molar-refractivity contribution is 5.93. The molecule has 2 saturated carbocycles. The lowest BCUT2D eigenvalue weighted by molar-refractivity contribution is -0.114. The lowest BCUT2D eigenvalue weighted by Gasteiger charge is -2.52. The first-order chi connectivity index (χ1) is 16.5. The quantitative estimate of drug-likeness (QED) is 0.541. The second-order valence-corrected chi connectivity index (χ2v) is 12.3. The molecule has 5 rings (SSSR count). The molecular weight excluding hydrogens is 438 g/mol. The molecule has 2 fully saturated rings. The van der Waals surface area contributed by atoms with Crippen molar-refractivity contribution in [2.24, 2.45) is 17.3 Å². The van der Waals surface area contributed by atoms with Gasteiger partial charge in [-0.1, -0.05) is 24.6 Å². The van der Waals surface area contributed by atoms with Gasteiger partial charge in [0, 0.05) is 25.1 Å². The number of carbonyl (C=O) groups is 2. The minimum absolute atomic E-state index is 0.0862. The molecular formula is C30H39NO4. The zero-order valence-corrected chi connectivity index (χ0v) is 21.8. The van der Waals surface area contributed by atoms with Gasteiger partial charge in [0.2, 0.25) is 0 Å². The molecule has 1 N–H and O–H groups in total. The summed E-state index contributed by atoms with van der Waals surface area (Å²) in [6.07, 6.45) is 7.66. The Morgan fingerprint density at radius 2 is 1.80 bits per heavy atom. The van der Waals surface area contributed by atoms with Gasteiger partial charge in [-0.05, 0) is 111 Å². The van der Waals surface area contributed by atoms with E-state index in [0.29, 0.717) is 18.3 Å². The first kappa shape index (κ1) is 24.3. The van der Waals surface area contributed by atoms with Crippen LogP contribution >= 0.6 is 0 Å². The predicted octanol–water partition coefficient (Wildman–Crippen LogP) is 6.32. The third-order valence-corrected chi connectivity index (χ3v) is 9.03. The fourth-order valence-corrected chi connectivity index (χ4v) is 7.30. The van der Waals surface area contributed by atoms with E-state index in [-0.39, 0.29) is 29.3 Å². The number of fused-ring (bicyclic) bond motifs is 4. The maximum absolute atomic E-state index is 12.6. The molecule has 4 aliphatic rings. The Morgan fingerprint density at radius 3 is 2.49 bits per heavy atom. The number of ketones is 1. The highest BCUT2D eigenvalue weighted by Gasteiger charge is 2.56. The van der Waals surface area contributed by atoms with Crippen LogP contribution in [0, 0.1) is 17.3 Å². The number of rotatable bonds is 2. The Bertz CT molecular complexity index is 1090. The second-order valence-electron chi connectivity index (χ2n) is 12.3. The topological polar surface area (TPSA) is 66.8 Å². The van der Waals surface area contributed by atoms with Gasteiger partial charge in [0.25, 0.3) is 0 Å². The smallest absolute Gasteiger partial charge is 0.414 e. The molecule has 0 aromatic heterocycles. The van der Waals surface area contributed by atoms with Gasteiger partial charge in [0.1, 0.15) is 5.60 Å². The van der Waals surface area contributed by atoms with E-state index in [9.17, 15) is 14.7 Å². The molecule has 35 heavy (non-hydrogen) atoms. The van der Waals surface area contributed by atoms with Crippen LogP contribution in [-0.2, 0) is 9.53 Å². The Labute approximate surface area is 209 Å². The van der Waals surface area contributed by atoms with E-state index >= 15 is 0 Å². The summed E-state index contributed by atoms with van der Waals surface area (Å²) < 4.78 is 5.53. The lowest BCUT2D eigenvalue weighted by atomic mass is 9.53. The van der Waals surface area contributed by atoms with Crippen molar-refractivity contribution < 1.29 is 19.4 Å². The predicted molar refractivity (Wildman–Crippen MR) is 137 cm³/mol. The van der Waals surface area contributed by atoms with Crippen molar-refractivity contribution in [2.45, 2.75) is 90.3 Å². The van der Waals surface area contributed by atoms with Gasteiger partial charge >= 0.3 is 6.09 Å². The van der Waals surface area contributed by atoms with Crippen LogP contribution in [0.2, 0.25) is 0 Å². The molecule has 5 unspecified atom stereocenters. The first-order valence-corrected chi connectivity index (χ1v) is 13.2. The Balaban J connectivity index is 1.51. The van der Waals surface area contributed by atoms with Crippen LogP contribution in [-0.4, -0.2) is 35.7 Å². The highest BCUT2D eigenvalue weighted by atomic mass is 16.6. The average Bonchev–Trinajstić information content (AvgIpc) is 3.10. The summed E-state index contributed by atoms with van der Waals surface area (Å²) in [7, 11) is 1.74. The number of benzene rings is 1. The summed E-state index contributed by atoms with van der Waals surface area (Å²) >= 11 is 0. The van der Waals surface area contributed by atoms with Crippen molar-refractivity contribution in [1.82, 2.24) is 0 Å². The van der Waals surface area contributed by atoms with Gasteiger partial charge in [0.15, 0.2) is 5.78 Å². The Kier molecular flexibility index (Phi) is 5.98. The number of nitrogens with zero attached hydrogens (tertiary/aromatic N) is 1. The summed E-state index contributed by atoms with van der Waals surface area (Å²) in [6.45, 7) is 7.90. The Hall–Kier alpha value is -2.40. The van der Waals surface area contributed by atoms with Crippen LogP contribution in [0.3, 0.4) is 0 Å².